The van der Waals surface area contributed by atoms with Gasteiger partial charge in [0, 0.05) is 12.6 Å². The number of methoxy groups -OCH3 is 1. The van der Waals surface area contributed by atoms with Crippen molar-refractivity contribution in [2.24, 2.45) is 5.14 Å². The molecule has 0 saturated carbocycles. The van der Waals surface area contributed by atoms with Crippen molar-refractivity contribution >= 4 is 33.1 Å². The highest BCUT2D eigenvalue weighted by molar-refractivity contribution is 7.89. The minimum atomic E-state index is -3.83. The molecule has 0 fully saturated rings. The fraction of sp³-hybridized carbons (Fsp3) is 0.273. The third-order valence-electron chi connectivity index (χ3n) is 4.73. The fourth-order valence-corrected chi connectivity index (χ4v) is 3.61. The standard InChI is InChI=1S/C22H25N3O5S/c1-3-4-13-25-20-11-10-18(31(23,27)28)14-19(20)24-21(25)15-30-22(26)12-7-16-5-8-17(29-2)9-6-16/h5-12,14H,3-4,13,15H2,1-2H3,(H2,23,27,28)/b12-7+. The Morgan fingerprint density at radius 3 is 2.58 bits per heavy atom. The number of fused-ring (bicyclic) bond motifs is 1. The zero-order valence-electron chi connectivity index (χ0n) is 17.4. The van der Waals surface area contributed by atoms with Crippen LogP contribution in [0.2, 0.25) is 0 Å². The third-order valence-corrected chi connectivity index (χ3v) is 5.64. The van der Waals surface area contributed by atoms with Crippen molar-refractivity contribution in [3.63, 3.8) is 0 Å². The summed E-state index contributed by atoms with van der Waals surface area (Å²) in [5.41, 5.74) is 2.09. The molecule has 0 atom stereocenters. The van der Waals surface area contributed by atoms with Gasteiger partial charge in [0.25, 0.3) is 0 Å². The van der Waals surface area contributed by atoms with Crippen LogP contribution in [0.3, 0.4) is 0 Å². The molecule has 1 aromatic heterocycles. The van der Waals surface area contributed by atoms with Gasteiger partial charge in [0.15, 0.2) is 0 Å². The Kier molecular flexibility index (Phi) is 7.09. The Balaban J connectivity index is 1.77. The van der Waals surface area contributed by atoms with Crippen molar-refractivity contribution in [2.45, 2.75) is 37.8 Å². The van der Waals surface area contributed by atoms with Crippen molar-refractivity contribution in [3.05, 3.63) is 59.9 Å². The van der Waals surface area contributed by atoms with Crippen LogP contribution in [0.25, 0.3) is 17.1 Å². The normalized spacial score (nSPS) is 11.8. The molecule has 9 heteroatoms. The van der Waals surface area contributed by atoms with Gasteiger partial charge < -0.3 is 14.0 Å². The predicted molar refractivity (Wildman–Crippen MR) is 118 cm³/mol. The van der Waals surface area contributed by atoms with Crippen LogP contribution in [0, 0.1) is 0 Å². The smallest absolute Gasteiger partial charge is 0.331 e. The number of benzene rings is 2. The largest absolute Gasteiger partial charge is 0.497 e. The van der Waals surface area contributed by atoms with Crippen LogP contribution in [-0.4, -0.2) is 31.0 Å². The Bertz CT molecular complexity index is 1200. The maximum absolute atomic E-state index is 12.2. The molecule has 0 aliphatic rings. The van der Waals surface area contributed by atoms with E-state index in [-0.39, 0.29) is 11.5 Å². The van der Waals surface area contributed by atoms with Gasteiger partial charge >= 0.3 is 5.97 Å². The van der Waals surface area contributed by atoms with E-state index in [9.17, 15) is 13.2 Å². The quantitative estimate of drug-likeness (QED) is 0.401. The van der Waals surface area contributed by atoms with Crippen molar-refractivity contribution in [1.29, 1.82) is 0 Å². The van der Waals surface area contributed by atoms with Gasteiger partial charge in [-0.15, -0.1) is 0 Å². The molecule has 164 valence electrons. The summed E-state index contributed by atoms with van der Waals surface area (Å²) in [5.74, 6) is 0.771. The molecular weight excluding hydrogens is 418 g/mol. The second-order valence-electron chi connectivity index (χ2n) is 6.94. The first-order valence-electron chi connectivity index (χ1n) is 9.82. The lowest BCUT2D eigenvalue weighted by Gasteiger charge is -2.08. The number of unbranched alkanes of at least 4 members (excludes halogenated alkanes) is 1. The highest BCUT2D eigenvalue weighted by Gasteiger charge is 2.15. The van der Waals surface area contributed by atoms with E-state index in [4.69, 9.17) is 14.6 Å². The summed E-state index contributed by atoms with van der Waals surface area (Å²) in [7, 11) is -2.24. The highest BCUT2D eigenvalue weighted by atomic mass is 32.2. The van der Waals surface area contributed by atoms with Gasteiger partial charge in [0.05, 0.1) is 23.0 Å². The van der Waals surface area contributed by atoms with E-state index >= 15 is 0 Å². The van der Waals surface area contributed by atoms with E-state index < -0.39 is 16.0 Å². The number of ether oxygens (including phenoxy) is 2. The molecule has 3 rings (SSSR count). The zero-order chi connectivity index (χ0) is 22.4. The molecule has 0 amide bonds. The summed E-state index contributed by atoms with van der Waals surface area (Å²) >= 11 is 0. The Morgan fingerprint density at radius 1 is 1.19 bits per heavy atom. The van der Waals surface area contributed by atoms with E-state index in [1.807, 2.05) is 16.7 Å². The Hall–Kier alpha value is -3.17. The number of carbonyl (C=O) groups is 1. The van der Waals surface area contributed by atoms with Gasteiger partial charge in [-0.05, 0) is 48.4 Å². The van der Waals surface area contributed by atoms with Crippen molar-refractivity contribution in [2.75, 3.05) is 7.11 Å². The molecular formula is C22H25N3O5S. The maximum atomic E-state index is 12.2. The van der Waals surface area contributed by atoms with Gasteiger partial charge in [-0.25, -0.2) is 23.3 Å². The summed E-state index contributed by atoms with van der Waals surface area (Å²) < 4.78 is 35.7. The van der Waals surface area contributed by atoms with Crippen LogP contribution in [0.5, 0.6) is 5.75 Å². The zero-order valence-corrected chi connectivity index (χ0v) is 18.3. The Morgan fingerprint density at radius 2 is 1.94 bits per heavy atom. The van der Waals surface area contributed by atoms with E-state index in [1.165, 1.54) is 18.2 Å². The number of primary sulfonamides is 1. The number of nitrogens with zero attached hydrogens (tertiary/aromatic N) is 2. The summed E-state index contributed by atoms with van der Waals surface area (Å²) in [6.45, 7) is 2.72. The second kappa shape index (κ2) is 9.76. The van der Waals surface area contributed by atoms with Gasteiger partial charge in [-0.3, -0.25) is 0 Å². The van der Waals surface area contributed by atoms with Crippen LogP contribution < -0.4 is 9.88 Å². The number of aromatic nitrogens is 2. The number of hydrogen-bond donors (Lipinski definition) is 1. The molecule has 2 N–H and O–H groups in total. The molecule has 0 aliphatic carbocycles. The van der Waals surface area contributed by atoms with Crippen LogP contribution in [0.1, 0.15) is 31.2 Å². The van der Waals surface area contributed by atoms with Crippen LogP contribution in [0.4, 0.5) is 0 Å². The third kappa shape index (κ3) is 5.71. The molecule has 0 spiro atoms. The number of imidazole rings is 1. The van der Waals surface area contributed by atoms with E-state index in [1.54, 1.807) is 31.4 Å². The summed E-state index contributed by atoms with van der Waals surface area (Å²) in [4.78, 5) is 16.6. The first kappa shape index (κ1) is 22.5. The van der Waals surface area contributed by atoms with Crippen molar-refractivity contribution in [3.8, 4) is 5.75 Å². The van der Waals surface area contributed by atoms with E-state index in [2.05, 4.69) is 11.9 Å². The second-order valence-corrected chi connectivity index (χ2v) is 8.50. The van der Waals surface area contributed by atoms with Gasteiger partial charge in [-0.2, -0.15) is 0 Å². The number of hydrogen-bond acceptors (Lipinski definition) is 6. The van der Waals surface area contributed by atoms with Gasteiger partial charge in [0.2, 0.25) is 10.0 Å². The first-order valence-corrected chi connectivity index (χ1v) is 11.4. The Labute approximate surface area is 181 Å². The number of rotatable bonds is 9. The fourth-order valence-electron chi connectivity index (χ4n) is 3.08. The number of esters is 1. The SMILES string of the molecule is CCCCn1c(COC(=O)/C=C/c2ccc(OC)cc2)nc2cc(S(N)(=O)=O)ccc21. The molecule has 0 unspecified atom stereocenters. The topological polar surface area (TPSA) is 114 Å². The molecule has 0 bridgehead atoms. The first-order chi connectivity index (χ1) is 14.8. The molecule has 8 nitrogen and oxygen atoms in total. The molecule has 3 aromatic rings. The average molecular weight is 444 g/mol. The predicted octanol–water partition coefficient (Wildman–Crippen LogP) is 3.25. The monoisotopic (exact) mass is 443 g/mol. The molecule has 1 heterocycles. The van der Waals surface area contributed by atoms with Crippen LogP contribution in [0.15, 0.2) is 53.4 Å². The van der Waals surface area contributed by atoms with Crippen molar-refractivity contribution < 1.29 is 22.7 Å². The lowest BCUT2D eigenvalue weighted by atomic mass is 10.2. The summed E-state index contributed by atoms with van der Waals surface area (Å²) in [6.07, 6.45) is 4.87. The highest BCUT2D eigenvalue weighted by Crippen LogP contribution is 2.21. The van der Waals surface area contributed by atoms with Crippen LogP contribution in [-0.2, 0) is 32.7 Å². The van der Waals surface area contributed by atoms with Gasteiger partial charge in [0.1, 0.15) is 18.2 Å². The number of aryl methyl sites for hydroxylation is 1. The number of sulfonamides is 1. The minimum Gasteiger partial charge on any atom is -0.497 e. The molecule has 31 heavy (non-hydrogen) atoms. The molecule has 0 saturated heterocycles. The maximum Gasteiger partial charge on any atom is 0.331 e. The van der Waals surface area contributed by atoms with Crippen LogP contribution >= 0.6 is 0 Å². The minimum absolute atomic E-state index is 0.00823. The molecule has 2 aromatic carbocycles. The van der Waals surface area contributed by atoms with Crippen molar-refractivity contribution in [1.82, 2.24) is 9.55 Å². The summed E-state index contributed by atoms with van der Waals surface area (Å²) in [5, 5.41) is 5.22. The number of carbonyl (C=O) groups excluding carboxylic acids is 1. The lowest BCUT2D eigenvalue weighted by molar-refractivity contribution is -0.139. The van der Waals surface area contributed by atoms with Gasteiger partial charge in [-0.1, -0.05) is 25.5 Å². The lowest BCUT2D eigenvalue weighted by Crippen LogP contribution is -2.11. The average Bonchev–Trinajstić information content (AvgIpc) is 3.11. The molecule has 0 aliphatic heterocycles. The molecule has 0 radical (unpaired) electrons. The number of nitrogens with two attached hydrogens (primary N) is 1. The van der Waals surface area contributed by atoms with E-state index in [0.717, 1.165) is 29.7 Å². The summed E-state index contributed by atoms with van der Waals surface area (Å²) in [6, 6.07) is 11.8. The van der Waals surface area contributed by atoms with E-state index in [0.29, 0.717) is 17.9 Å².